The molecular formula is C10H17NO2. The van der Waals surface area contributed by atoms with Crippen LogP contribution in [0.5, 0.6) is 0 Å². The van der Waals surface area contributed by atoms with Crippen LogP contribution in [0.4, 0.5) is 0 Å². The molecule has 1 aliphatic rings. The number of nitrogens with zero attached hydrogens (tertiary/aromatic N) is 1. The fourth-order valence-corrected chi connectivity index (χ4v) is 1.48. The van der Waals surface area contributed by atoms with Crippen molar-refractivity contribution < 1.29 is 9.90 Å². The van der Waals surface area contributed by atoms with Gasteiger partial charge in [0.05, 0.1) is 5.41 Å². The third kappa shape index (κ3) is 2.31. The van der Waals surface area contributed by atoms with Crippen LogP contribution in [-0.2, 0) is 4.79 Å². The summed E-state index contributed by atoms with van der Waals surface area (Å²) in [6.07, 6.45) is 4.84. The number of hydrogen-bond acceptors (Lipinski definition) is 2. The highest BCUT2D eigenvalue weighted by Gasteiger charge is 2.33. The molecular weight excluding hydrogens is 166 g/mol. The van der Waals surface area contributed by atoms with Gasteiger partial charge >= 0.3 is 5.97 Å². The van der Waals surface area contributed by atoms with Gasteiger partial charge in [0.15, 0.2) is 0 Å². The van der Waals surface area contributed by atoms with Gasteiger partial charge in [0.2, 0.25) is 0 Å². The molecule has 1 N–H and O–H groups in total. The second-order valence-electron chi connectivity index (χ2n) is 3.88. The van der Waals surface area contributed by atoms with E-state index in [1.807, 2.05) is 13.8 Å². The van der Waals surface area contributed by atoms with Crippen LogP contribution in [0.2, 0.25) is 0 Å². The summed E-state index contributed by atoms with van der Waals surface area (Å²) in [4.78, 5) is 13.1. The number of carboxylic acids is 1. The van der Waals surface area contributed by atoms with E-state index in [0.717, 1.165) is 13.1 Å². The van der Waals surface area contributed by atoms with Crippen molar-refractivity contribution in [2.45, 2.75) is 20.3 Å². The summed E-state index contributed by atoms with van der Waals surface area (Å²) < 4.78 is 0. The molecule has 1 atom stereocenters. The lowest BCUT2D eigenvalue weighted by atomic mass is 9.87. The Balaban J connectivity index is 2.52. The molecule has 0 bridgehead atoms. The van der Waals surface area contributed by atoms with Crippen molar-refractivity contribution >= 4 is 5.97 Å². The van der Waals surface area contributed by atoms with Crippen LogP contribution < -0.4 is 0 Å². The molecule has 3 heteroatoms. The number of hydrogen-bond donors (Lipinski definition) is 1. The molecule has 1 rings (SSSR count). The first kappa shape index (κ1) is 10.3. The number of carbonyl (C=O) groups is 1. The van der Waals surface area contributed by atoms with Crippen LogP contribution in [-0.4, -0.2) is 35.6 Å². The lowest BCUT2D eigenvalue weighted by Gasteiger charge is -2.28. The summed E-state index contributed by atoms with van der Waals surface area (Å²) >= 11 is 0. The second-order valence-corrected chi connectivity index (χ2v) is 3.88. The van der Waals surface area contributed by atoms with E-state index in [-0.39, 0.29) is 0 Å². The maximum atomic E-state index is 11.0. The van der Waals surface area contributed by atoms with Crippen molar-refractivity contribution in [1.82, 2.24) is 4.90 Å². The molecule has 0 saturated heterocycles. The Hall–Kier alpha value is -0.830. The molecule has 0 radical (unpaired) electrons. The van der Waals surface area contributed by atoms with Crippen LogP contribution in [0.3, 0.4) is 0 Å². The number of aliphatic carboxylic acids is 1. The monoisotopic (exact) mass is 183 g/mol. The van der Waals surface area contributed by atoms with Gasteiger partial charge in [0.1, 0.15) is 0 Å². The largest absolute Gasteiger partial charge is 0.481 e. The summed E-state index contributed by atoms with van der Waals surface area (Å²) in [6.45, 7) is 6.17. The minimum absolute atomic E-state index is 0.591. The fourth-order valence-electron chi connectivity index (χ4n) is 1.48. The Bertz CT molecular complexity index is 217. The average Bonchev–Trinajstić information content (AvgIpc) is 2.56. The normalized spacial score (nSPS) is 21.7. The quantitative estimate of drug-likeness (QED) is 0.669. The van der Waals surface area contributed by atoms with E-state index in [9.17, 15) is 4.79 Å². The molecule has 0 fully saturated rings. The Morgan fingerprint density at radius 1 is 1.54 bits per heavy atom. The first-order valence-corrected chi connectivity index (χ1v) is 4.69. The van der Waals surface area contributed by atoms with Gasteiger partial charge in [0, 0.05) is 19.6 Å². The molecule has 0 saturated carbocycles. The minimum atomic E-state index is -0.693. The summed E-state index contributed by atoms with van der Waals surface area (Å²) in [5.41, 5.74) is -0.591. The summed E-state index contributed by atoms with van der Waals surface area (Å²) in [7, 11) is 0. The summed E-state index contributed by atoms with van der Waals surface area (Å²) in [5, 5.41) is 9.05. The maximum Gasteiger partial charge on any atom is 0.310 e. The van der Waals surface area contributed by atoms with Crippen LogP contribution in [0.15, 0.2) is 12.2 Å². The van der Waals surface area contributed by atoms with E-state index >= 15 is 0 Å². The van der Waals surface area contributed by atoms with E-state index < -0.39 is 11.4 Å². The molecule has 74 valence electrons. The van der Waals surface area contributed by atoms with Crippen LogP contribution in [0.1, 0.15) is 20.3 Å². The van der Waals surface area contributed by atoms with E-state index in [4.69, 9.17) is 5.11 Å². The maximum absolute atomic E-state index is 11.0. The average molecular weight is 183 g/mol. The second kappa shape index (κ2) is 3.92. The molecule has 0 aliphatic carbocycles. The van der Waals surface area contributed by atoms with Gasteiger partial charge in [-0.15, -0.1) is 0 Å². The van der Waals surface area contributed by atoms with Crippen LogP contribution in [0.25, 0.3) is 0 Å². The molecule has 0 spiro atoms. The number of rotatable bonds is 4. The molecule has 1 unspecified atom stereocenters. The topological polar surface area (TPSA) is 40.5 Å². The van der Waals surface area contributed by atoms with Gasteiger partial charge in [-0.2, -0.15) is 0 Å². The fraction of sp³-hybridized carbons (Fsp3) is 0.700. The molecule has 0 aromatic carbocycles. The van der Waals surface area contributed by atoms with Crippen molar-refractivity contribution in [3.05, 3.63) is 12.2 Å². The number of carboxylic acid groups (broad SMARTS) is 1. The van der Waals surface area contributed by atoms with Crippen molar-refractivity contribution in [3.8, 4) is 0 Å². The van der Waals surface area contributed by atoms with Gasteiger partial charge < -0.3 is 5.11 Å². The van der Waals surface area contributed by atoms with Gasteiger partial charge in [-0.05, 0) is 13.3 Å². The first-order chi connectivity index (χ1) is 6.08. The van der Waals surface area contributed by atoms with E-state index in [2.05, 4.69) is 17.1 Å². The highest BCUT2D eigenvalue weighted by molar-refractivity contribution is 5.74. The Morgan fingerprint density at radius 3 is 2.46 bits per heavy atom. The molecule has 1 heterocycles. The van der Waals surface area contributed by atoms with Crippen molar-refractivity contribution in [2.24, 2.45) is 5.41 Å². The molecule has 1 aliphatic heterocycles. The van der Waals surface area contributed by atoms with Gasteiger partial charge in [-0.1, -0.05) is 19.1 Å². The zero-order valence-corrected chi connectivity index (χ0v) is 8.29. The zero-order valence-electron chi connectivity index (χ0n) is 8.29. The van der Waals surface area contributed by atoms with Crippen molar-refractivity contribution in [2.75, 3.05) is 19.6 Å². The third-order valence-electron chi connectivity index (χ3n) is 2.76. The van der Waals surface area contributed by atoms with Crippen LogP contribution in [0, 0.1) is 5.41 Å². The third-order valence-corrected chi connectivity index (χ3v) is 2.76. The highest BCUT2D eigenvalue weighted by atomic mass is 16.4. The Kier molecular flexibility index (Phi) is 3.09. The van der Waals surface area contributed by atoms with Crippen molar-refractivity contribution in [1.29, 1.82) is 0 Å². The SMILES string of the molecule is CCC(C)(CN1CC=CC1)C(=O)O. The highest BCUT2D eigenvalue weighted by Crippen LogP contribution is 2.23. The zero-order chi connectivity index (χ0) is 9.90. The summed E-state index contributed by atoms with van der Waals surface area (Å²) in [6, 6.07) is 0. The molecule has 0 aromatic heterocycles. The lowest BCUT2D eigenvalue weighted by Crippen LogP contribution is -2.39. The molecule has 0 aromatic rings. The van der Waals surface area contributed by atoms with Gasteiger partial charge in [-0.25, -0.2) is 0 Å². The Labute approximate surface area is 79.0 Å². The predicted octanol–water partition coefficient (Wildman–Crippen LogP) is 1.36. The van der Waals surface area contributed by atoms with Gasteiger partial charge in [0.25, 0.3) is 0 Å². The Morgan fingerprint density at radius 2 is 2.08 bits per heavy atom. The standard InChI is InChI=1S/C10H17NO2/c1-3-10(2,9(12)13)8-11-6-4-5-7-11/h4-5H,3,6-8H2,1-2H3,(H,12,13). The minimum Gasteiger partial charge on any atom is -0.481 e. The molecule has 13 heavy (non-hydrogen) atoms. The first-order valence-electron chi connectivity index (χ1n) is 4.69. The predicted molar refractivity (Wildman–Crippen MR) is 51.6 cm³/mol. The van der Waals surface area contributed by atoms with E-state index in [0.29, 0.717) is 13.0 Å². The van der Waals surface area contributed by atoms with Crippen molar-refractivity contribution in [3.63, 3.8) is 0 Å². The molecule has 3 nitrogen and oxygen atoms in total. The smallest absolute Gasteiger partial charge is 0.310 e. The van der Waals surface area contributed by atoms with E-state index in [1.165, 1.54) is 0 Å². The van der Waals surface area contributed by atoms with Crippen LogP contribution >= 0.6 is 0 Å². The lowest BCUT2D eigenvalue weighted by molar-refractivity contribution is -0.149. The van der Waals surface area contributed by atoms with Gasteiger partial charge in [-0.3, -0.25) is 9.69 Å². The van der Waals surface area contributed by atoms with E-state index in [1.54, 1.807) is 0 Å². The summed E-state index contributed by atoms with van der Waals surface area (Å²) in [5.74, 6) is -0.693. The molecule has 0 amide bonds.